The van der Waals surface area contributed by atoms with Gasteiger partial charge in [0.1, 0.15) is 5.82 Å². The zero-order chi connectivity index (χ0) is 18.9. The smallest absolute Gasteiger partial charge is 0.231 e. The van der Waals surface area contributed by atoms with E-state index in [4.69, 9.17) is 4.74 Å². The molecular weight excluding hydrogens is 349 g/mol. The number of benzene rings is 1. The summed E-state index contributed by atoms with van der Waals surface area (Å²) < 4.78 is 19.5. The van der Waals surface area contributed by atoms with Gasteiger partial charge in [0.2, 0.25) is 11.8 Å². The Hall–Kier alpha value is -1.99. The second-order valence-electron chi connectivity index (χ2n) is 7.73. The maximum absolute atomic E-state index is 14.1. The van der Waals surface area contributed by atoms with Crippen molar-refractivity contribution >= 4 is 11.8 Å². The topological polar surface area (TPSA) is 61.9 Å². The van der Waals surface area contributed by atoms with E-state index < -0.39 is 5.41 Å². The number of halogens is 1. The first-order chi connectivity index (χ1) is 13.1. The van der Waals surface area contributed by atoms with Crippen LogP contribution in [0.15, 0.2) is 24.3 Å². The molecule has 1 N–H and O–H groups in total. The van der Waals surface area contributed by atoms with Crippen molar-refractivity contribution in [2.24, 2.45) is 0 Å². The summed E-state index contributed by atoms with van der Waals surface area (Å²) in [6.45, 7) is 5.30. The molecule has 0 bridgehead atoms. The molecule has 2 aliphatic heterocycles. The molecule has 2 amide bonds. The summed E-state index contributed by atoms with van der Waals surface area (Å²) in [6.07, 6.45) is 1.63. The third-order valence-electron chi connectivity index (χ3n) is 5.91. The second kappa shape index (κ2) is 7.56. The van der Waals surface area contributed by atoms with Crippen LogP contribution in [-0.4, -0.2) is 73.6 Å². The summed E-state index contributed by atoms with van der Waals surface area (Å²) in [5.74, 6) is -0.412. The van der Waals surface area contributed by atoms with E-state index in [1.807, 2.05) is 4.90 Å². The van der Waals surface area contributed by atoms with Gasteiger partial charge in [-0.05, 0) is 18.9 Å². The minimum atomic E-state index is -0.754. The lowest BCUT2D eigenvalue weighted by molar-refractivity contribution is -0.128. The molecular formula is C20H26FN3O3. The fraction of sp³-hybridized carbons (Fsp3) is 0.600. The van der Waals surface area contributed by atoms with Crippen LogP contribution in [0.25, 0.3) is 0 Å². The maximum Gasteiger partial charge on any atom is 0.231 e. The molecule has 3 aliphatic rings. The summed E-state index contributed by atoms with van der Waals surface area (Å²) in [5, 5.41) is 3.00. The molecule has 1 aliphatic carbocycles. The van der Waals surface area contributed by atoms with Crippen molar-refractivity contribution < 1.29 is 18.7 Å². The number of rotatable bonds is 6. The minimum Gasteiger partial charge on any atom is -0.379 e. The van der Waals surface area contributed by atoms with Gasteiger partial charge in [-0.25, -0.2) is 4.39 Å². The zero-order valence-corrected chi connectivity index (χ0v) is 15.5. The zero-order valence-electron chi connectivity index (χ0n) is 15.5. The fourth-order valence-electron chi connectivity index (χ4n) is 4.09. The van der Waals surface area contributed by atoms with E-state index in [0.29, 0.717) is 37.9 Å². The highest BCUT2D eigenvalue weighted by Crippen LogP contribution is 2.49. The molecule has 1 unspecified atom stereocenters. The Morgan fingerprint density at radius 3 is 2.67 bits per heavy atom. The molecule has 3 fully saturated rings. The van der Waals surface area contributed by atoms with Gasteiger partial charge >= 0.3 is 0 Å². The summed E-state index contributed by atoms with van der Waals surface area (Å²) in [5.41, 5.74) is -0.286. The van der Waals surface area contributed by atoms with Crippen LogP contribution in [0.3, 0.4) is 0 Å². The molecule has 7 heteroatoms. The predicted molar refractivity (Wildman–Crippen MR) is 97.7 cm³/mol. The molecule has 2 saturated heterocycles. The van der Waals surface area contributed by atoms with Crippen LogP contribution in [0.2, 0.25) is 0 Å². The second-order valence-corrected chi connectivity index (χ2v) is 7.73. The van der Waals surface area contributed by atoms with Crippen LogP contribution in [-0.2, 0) is 19.7 Å². The fourth-order valence-corrected chi connectivity index (χ4v) is 4.09. The van der Waals surface area contributed by atoms with E-state index in [1.54, 1.807) is 18.2 Å². The molecule has 1 aromatic rings. The van der Waals surface area contributed by atoms with Crippen LogP contribution in [0.4, 0.5) is 4.39 Å². The van der Waals surface area contributed by atoms with Gasteiger partial charge in [-0.3, -0.25) is 14.5 Å². The lowest BCUT2D eigenvalue weighted by Crippen LogP contribution is -2.44. The Morgan fingerprint density at radius 2 is 1.96 bits per heavy atom. The predicted octanol–water partition coefficient (Wildman–Crippen LogP) is 0.907. The molecule has 4 rings (SSSR count). The highest BCUT2D eigenvalue weighted by atomic mass is 19.1. The first kappa shape index (κ1) is 18.4. The molecule has 1 saturated carbocycles. The van der Waals surface area contributed by atoms with E-state index in [9.17, 15) is 14.0 Å². The number of amides is 2. The molecule has 1 aromatic carbocycles. The van der Waals surface area contributed by atoms with Gasteiger partial charge in [-0.15, -0.1) is 0 Å². The third-order valence-corrected chi connectivity index (χ3v) is 5.91. The van der Waals surface area contributed by atoms with Crippen molar-refractivity contribution in [1.82, 2.24) is 15.1 Å². The number of ether oxygens (including phenoxy) is 1. The lowest BCUT2D eigenvalue weighted by Gasteiger charge is -2.28. The number of likely N-dealkylation sites (tertiary alicyclic amines) is 1. The van der Waals surface area contributed by atoms with E-state index in [1.165, 1.54) is 6.07 Å². The molecule has 0 spiro atoms. The third kappa shape index (κ3) is 3.84. The van der Waals surface area contributed by atoms with Crippen LogP contribution in [0.1, 0.15) is 24.8 Å². The summed E-state index contributed by atoms with van der Waals surface area (Å²) >= 11 is 0. The van der Waals surface area contributed by atoms with Crippen molar-refractivity contribution in [3.63, 3.8) is 0 Å². The minimum absolute atomic E-state index is 0.0734. The van der Waals surface area contributed by atoms with Crippen molar-refractivity contribution in [2.75, 3.05) is 45.9 Å². The SMILES string of the molecule is O=C1CC(NC(=O)C2(c3ccccc3F)CC2)CN1CCN1CCOCC1. The van der Waals surface area contributed by atoms with Gasteiger partial charge < -0.3 is 15.0 Å². The molecule has 6 nitrogen and oxygen atoms in total. The molecule has 1 atom stereocenters. The van der Waals surface area contributed by atoms with Crippen molar-refractivity contribution in [3.05, 3.63) is 35.6 Å². The molecule has 27 heavy (non-hydrogen) atoms. The van der Waals surface area contributed by atoms with E-state index in [0.717, 1.165) is 32.8 Å². The van der Waals surface area contributed by atoms with Crippen LogP contribution < -0.4 is 5.32 Å². The Bertz CT molecular complexity index is 716. The van der Waals surface area contributed by atoms with Crippen LogP contribution in [0, 0.1) is 5.82 Å². The van der Waals surface area contributed by atoms with Crippen molar-refractivity contribution in [1.29, 1.82) is 0 Å². The highest BCUT2D eigenvalue weighted by molar-refractivity contribution is 5.92. The first-order valence-corrected chi connectivity index (χ1v) is 9.72. The summed E-state index contributed by atoms with van der Waals surface area (Å²) in [4.78, 5) is 29.2. The van der Waals surface area contributed by atoms with Gasteiger partial charge in [0.05, 0.1) is 24.7 Å². The number of hydrogen-bond acceptors (Lipinski definition) is 4. The number of carbonyl (C=O) groups excluding carboxylic acids is 2. The van der Waals surface area contributed by atoms with Gasteiger partial charge in [-0.2, -0.15) is 0 Å². The first-order valence-electron chi connectivity index (χ1n) is 9.72. The monoisotopic (exact) mass is 375 g/mol. The van der Waals surface area contributed by atoms with Gasteiger partial charge in [0.25, 0.3) is 0 Å². The largest absolute Gasteiger partial charge is 0.379 e. The van der Waals surface area contributed by atoms with E-state index in [-0.39, 0.29) is 23.7 Å². The molecule has 146 valence electrons. The maximum atomic E-state index is 14.1. The van der Waals surface area contributed by atoms with E-state index >= 15 is 0 Å². The number of morpholine rings is 1. The van der Waals surface area contributed by atoms with Gasteiger partial charge in [-0.1, -0.05) is 18.2 Å². The number of nitrogens with one attached hydrogen (secondary N) is 1. The number of hydrogen-bond donors (Lipinski definition) is 1. The Morgan fingerprint density at radius 1 is 1.22 bits per heavy atom. The van der Waals surface area contributed by atoms with Gasteiger partial charge in [0.15, 0.2) is 0 Å². The van der Waals surface area contributed by atoms with Gasteiger partial charge in [0, 0.05) is 44.7 Å². The molecule has 2 heterocycles. The quantitative estimate of drug-likeness (QED) is 0.803. The lowest BCUT2D eigenvalue weighted by atomic mass is 9.94. The average molecular weight is 375 g/mol. The Kier molecular flexibility index (Phi) is 5.14. The summed E-state index contributed by atoms with van der Waals surface area (Å²) in [7, 11) is 0. The van der Waals surface area contributed by atoms with Crippen LogP contribution >= 0.6 is 0 Å². The highest BCUT2D eigenvalue weighted by Gasteiger charge is 2.53. The number of carbonyl (C=O) groups is 2. The van der Waals surface area contributed by atoms with Crippen molar-refractivity contribution in [2.45, 2.75) is 30.7 Å². The average Bonchev–Trinajstić information content (AvgIpc) is 3.41. The van der Waals surface area contributed by atoms with Crippen molar-refractivity contribution in [3.8, 4) is 0 Å². The number of nitrogens with zero attached hydrogens (tertiary/aromatic N) is 2. The molecule has 0 radical (unpaired) electrons. The molecule has 0 aromatic heterocycles. The summed E-state index contributed by atoms with van der Waals surface area (Å²) in [6, 6.07) is 6.29. The normalized spacial score (nSPS) is 24.9. The van der Waals surface area contributed by atoms with Crippen LogP contribution in [0.5, 0.6) is 0 Å². The Balaban J connectivity index is 1.32. The van der Waals surface area contributed by atoms with E-state index in [2.05, 4.69) is 10.2 Å². The standard InChI is InChI=1S/C20H26FN3O3/c21-17-4-2-1-3-16(17)20(5-6-20)19(26)22-15-13-18(25)24(14-15)8-7-23-9-11-27-12-10-23/h1-4,15H,5-14H2,(H,22,26). The Labute approximate surface area is 158 Å².